The Kier molecular flexibility index (Phi) is 5.51. The van der Waals surface area contributed by atoms with E-state index >= 15 is 0 Å². The maximum atomic E-state index is 11.7. The molecule has 1 fully saturated rings. The van der Waals surface area contributed by atoms with Crippen molar-refractivity contribution < 1.29 is 19.4 Å². The lowest BCUT2D eigenvalue weighted by atomic mass is 10.0. The van der Waals surface area contributed by atoms with E-state index in [9.17, 15) is 9.59 Å². The fourth-order valence-electron chi connectivity index (χ4n) is 2.12. The molecule has 0 bridgehead atoms. The van der Waals surface area contributed by atoms with Crippen molar-refractivity contribution in [1.29, 1.82) is 0 Å². The Morgan fingerprint density at radius 1 is 1.33 bits per heavy atom. The van der Waals surface area contributed by atoms with Crippen LogP contribution in [0.5, 0.6) is 0 Å². The average Bonchev–Trinajstić information content (AvgIpc) is 2.48. The zero-order chi connectivity index (χ0) is 15.1. The summed E-state index contributed by atoms with van der Waals surface area (Å²) in [5.41, 5.74) is 0.990. The van der Waals surface area contributed by atoms with Crippen LogP contribution in [0.15, 0.2) is 18.3 Å². The number of pyridine rings is 1. The molecule has 1 saturated heterocycles. The maximum Gasteiger partial charge on any atom is 0.319 e. The normalized spacial score (nSPS) is 15.4. The molecule has 0 aromatic carbocycles. The van der Waals surface area contributed by atoms with Crippen molar-refractivity contribution in [3.63, 3.8) is 0 Å². The third kappa shape index (κ3) is 5.39. The minimum Gasteiger partial charge on any atom is -0.481 e. The molecule has 114 valence electrons. The first-order chi connectivity index (χ1) is 10.1. The van der Waals surface area contributed by atoms with Crippen molar-refractivity contribution >= 4 is 17.7 Å². The highest BCUT2D eigenvalue weighted by Crippen LogP contribution is 2.13. The van der Waals surface area contributed by atoms with Crippen molar-refractivity contribution in [2.75, 3.05) is 25.1 Å². The number of nitrogens with one attached hydrogen (secondary N) is 2. The van der Waals surface area contributed by atoms with Crippen molar-refractivity contribution in [2.45, 2.75) is 19.3 Å². The Labute approximate surface area is 122 Å². The van der Waals surface area contributed by atoms with Crippen LogP contribution in [0.1, 0.15) is 18.5 Å². The predicted molar refractivity (Wildman–Crippen MR) is 76.1 cm³/mol. The summed E-state index contributed by atoms with van der Waals surface area (Å²) in [6, 6.07) is 2.94. The summed E-state index contributed by atoms with van der Waals surface area (Å²) in [5.74, 6) is -0.474. The number of anilines is 1. The van der Waals surface area contributed by atoms with E-state index in [-0.39, 0.29) is 12.5 Å². The van der Waals surface area contributed by atoms with Gasteiger partial charge in [0.2, 0.25) is 0 Å². The van der Waals surface area contributed by atoms with Crippen molar-refractivity contribution in [1.82, 2.24) is 10.3 Å². The Bertz CT molecular complexity index is 483. The Balaban J connectivity index is 1.75. The molecule has 2 heterocycles. The molecule has 1 aliphatic heterocycles. The van der Waals surface area contributed by atoms with Gasteiger partial charge >= 0.3 is 12.0 Å². The van der Waals surface area contributed by atoms with Crippen molar-refractivity contribution in [3.8, 4) is 0 Å². The fourth-order valence-corrected chi connectivity index (χ4v) is 2.12. The molecule has 3 N–H and O–H groups in total. The molecule has 1 aromatic heterocycles. The molecule has 7 nitrogen and oxygen atoms in total. The first-order valence-electron chi connectivity index (χ1n) is 6.93. The number of aromatic nitrogens is 1. The van der Waals surface area contributed by atoms with E-state index in [4.69, 9.17) is 9.84 Å². The largest absolute Gasteiger partial charge is 0.481 e. The highest BCUT2D eigenvalue weighted by molar-refractivity contribution is 5.89. The van der Waals surface area contributed by atoms with Gasteiger partial charge in [0.15, 0.2) is 0 Å². The minimum atomic E-state index is -0.933. The summed E-state index contributed by atoms with van der Waals surface area (Å²) in [6.07, 6.45) is 3.25. The highest BCUT2D eigenvalue weighted by atomic mass is 16.5. The topological polar surface area (TPSA) is 101 Å². The van der Waals surface area contributed by atoms with Crippen LogP contribution in [0.3, 0.4) is 0 Å². The summed E-state index contributed by atoms with van der Waals surface area (Å²) in [6.45, 7) is 2.13. The number of carbonyl (C=O) groups is 2. The summed E-state index contributed by atoms with van der Waals surface area (Å²) in [5, 5.41) is 14.1. The molecule has 0 unspecified atom stereocenters. The van der Waals surface area contributed by atoms with E-state index in [2.05, 4.69) is 15.6 Å². The number of hydrogen-bond donors (Lipinski definition) is 3. The van der Waals surface area contributed by atoms with Gasteiger partial charge in [0, 0.05) is 19.8 Å². The van der Waals surface area contributed by atoms with E-state index in [1.165, 1.54) is 6.20 Å². The van der Waals surface area contributed by atoms with Crippen molar-refractivity contribution in [2.24, 2.45) is 5.92 Å². The lowest BCUT2D eigenvalue weighted by Crippen LogP contribution is -2.35. The molecule has 0 saturated carbocycles. The van der Waals surface area contributed by atoms with Crippen molar-refractivity contribution in [3.05, 3.63) is 24.0 Å². The van der Waals surface area contributed by atoms with Gasteiger partial charge in [-0.1, -0.05) is 0 Å². The number of ether oxygens (including phenoxy) is 1. The Morgan fingerprint density at radius 2 is 2.10 bits per heavy atom. The van der Waals surface area contributed by atoms with E-state index in [0.29, 0.717) is 23.8 Å². The number of carboxylic acid groups (broad SMARTS) is 1. The first kappa shape index (κ1) is 15.2. The summed E-state index contributed by atoms with van der Waals surface area (Å²) < 4.78 is 5.26. The molecular formula is C14H19N3O4. The minimum absolute atomic E-state index is 0.129. The molecule has 0 aliphatic carbocycles. The number of aliphatic carboxylic acids is 1. The van der Waals surface area contributed by atoms with Crippen LogP contribution in [-0.2, 0) is 16.0 Å². The second-order valence-corrected chi connectivity index (χ2v) is 5.00. The number of rotatable bonds is 5. The second kappa shape index (κ2) is 7.58. The molecule has 7 heteroatoms. The van der Waals surface area contributed by atoms with Gasteiger partial charge in [-0.25, -0.2) is 4.79 Å². The van der Waals surface area contributed by atoms with Crippen LogP contribution in [0.2, 0.25) is 0 Å². The number of urea groups is 1. The van der Waals surface area contributed by atoms with E-state index in [0.717, 1.165) is 26.1 Å². The molecule has 1 aromatic rings. The molecule has 0 spiro atoms. The predicted octanol–water partition coefficient (Wildman–Crippen LogP) is 1.26. The Hall–Kier alpha value is -2.15. The Morgan fingerprint density at radius 3 is 2.71 bits per heavy atom. The van der Waals surface area contributed by atoms with Gasteiger partial charge < -0.3 is 20.5 Å². The second-order valence-electron chi connectivity index (χ2n) is 5.00. The zero-order valence-corrected chi connectivity index (χ0v) is 11.7. The van der Waals surface area contributed by atoms with Crippen LogP contribution in [0.4, 0.5) is 10.5 Å². The summed E-state index contributed by atoms with van der Waals surface area (Å²) in [4.78, 5) is 26.3. The van der Waals surface area contributed by atoms with Gasteiger partial charge in [0.05, 0.1) is 24.0 Å². The lowest BCUT2D eigenvalue weighted by molar-refractivity contribution is -0.136. The number of carboxylic acids is 1. The van der Waals surface area contributed by atoms with Crippen LogP contribution in [0, 0.1) is 5.92 Å². The van der Waals surface area contributed by atoms with E-state index in [1.807, 2.05) is 0 Å². The van der Waals surface area contributed by atoms with Gasteiger partial charge in [-0.05, 0) is 30.9 Å². The third-order valence-electron chi connectivity index (χ3n) is 3.31. The number of amides is 2. The SMILES string of the molecule is O=C(O)Cc1ccc(NC(=O)NCC2CCOCC2)cn1. The van der Waals surface area contributed by atoms with E-state index < -0.39 is 5.97 Å². The fraction of sp³-hybridized carbons (Fsp3) is 0.500. The molecule has 1 aliphatic rings. The molecule has 0 radical (unpaired) electrons. The van der Waals surface area contributed by atoms with Gasteiger partial charge in [0.25, 0.3) is 0 Å². The molecule has 2 amide bonds. The highest BCUT2D eigenvalue weighted by Gasteiger charge is 2.14. The molecule has 0 atom stereocenters. The van der Waals surface area contributed by atoms with E-state index in [1.54, 1.807) is 12.1 Å². The molecular weight excluding hydrogens is 274 g/mol. The van der Waals surface area contributed by atoms with Gasteiger partial charge in [-0.3, -0.25) is 9.78 Å². The third-order valence-corrected chi connectivity index (χ3v) is 3.31. The maximum absolute atomic E-state index is 11.7. The number of hydrogen-bond acceptors (Lipinski definition) is 4. The number of carbonyl (C=O) groups excluding carboxylic acids is 1. The van der Waals surface area contributed by atoms with Crippen LogP contribution >= 0.6 is 0 Å². The average molecular weight is 293 g/mol. The van der Waals surface area contributed by atoms with Gasteiger partial charge in [0.1, 0.15) is 0 Å². The smallest absolute Gasteiger partial charge is 0.319 e. The van der Waals surface area contributed by atoms with Gasteiger partial charge in [-0.2, -0.15) is 0 Å². The molecule has 21 heavy (non-hydrogen) atoms. The van der Waals surface area contributed by atoms with Crippen LogP contribution in [0.25, 0.3) is 0 Å². The lowest BCUT2D eigenvalue weighted by Gasteiger charge is -2.22. The van der Waals surface area contributed by atoms with Crippen LogP contribution in [-0.4, -0.2) is 41.8 Å². The van der Waals surface area contributed by atoms with Crippen LogP contribution < -0.4 is 10.6 Å². The van der Waals surface area contributed by atoms with Gasteiger partial charge in [-0.15, -0.1) is 0 Å². The summed E-state index contributed by atoms with van der Waals surface area (Å²) in [7, 11) is 0. The quantitative estimate of drug-likeness (QED) is 0.758. The summed E-state index contributed by atoms with van der Waals surface area (Å²) >= 11 is 0. The standard InChI is InChI=1S/C14H19N3O4/c18-13(19)7-11-1-2-12(9-15-11)17-14(20)16-8-10-3-5-21-6-4-10/h1-2,9-10H,3-8H2,(H,18,19)(H2,16,17,20). The first-order valence-corrected chi connectivity index (χ1v) is 6.93. The monoisotopic (exact) mass is 293 g/mol. The number of nitrogens with zero attached hydrogens (tertiary/aromatic N) is 1. The zero-order valence-electron chi connectivity index (χ0n) is 11.7. The molecule has 2 rings (SSSR count).